The second kappa shape index (κ2) is 24.6. The molecule has 0 bridgehead atoms. The average molecular weight is 755 g/mol. The Morgan fingerprint density at radius 2 is 0.578 bits per heavy atom. The Labute approximate surface area is 296 Å². The Kier molecular flexibility index (Phi) is 22.6. The van der Waals surface area contributed by atoms with Gasteiger partial charge in [-0.05, 0) is 61.4 Å². The minimum absolute atomic E-state index is 0. The van der Waals surface area contributed by atoms with Crippen molar-refractivity contribution in [1.29, 1.82) is 0 Å². The van der Waals surface area contributed by atoms with Crippen LogP contribution < -0.4 is 21.3 Å². The molecule has 0 aromatic rings. The normalized spacial score (nSPS) is 19.2. The fourth-order valence-corrected chi connectivity index (χ4v) is 3.71. The van der Waals surface area contributed by atoms with Crippen LogP contribution in [0.2, 0.25) is 0 Å². The van der Waals surface area contributed by atoms with Crippen LogP contribution in [0.3, 0.4) is 0 Å². The van der Waals surface area contributed by atoms with Gasteiger partial charge in [0.1, 0.15) is 0 Å². The fraction of sp³-hybridized carbons (Fsp3) is 0.176. The van der Waals surface area contributed by atoms with Gasteiger partial charge < -0.3 is 21.3 Å². The van der Waals surface area contributed by atoms with Crippen molar-refractivity contribution in [2.75, 3.05) is 26.2 Å². The second-order valence-corrected chi connectivity index (χ2v) is 9.25. The molecule has 0 spiro atoms. The Bertz CT molecular complexity index is 1200. The topological polar surface area (TPSA) is 116 Å². The van der Waals surface area contributed by atoms with E-state index in [4.69, 9.17) is 0 Å². The molecule has 4 aliphatic rings. The van der Waals surface area contributed by atoms with E-state index in [0.29, 0.717) is 22.3 Å². The molecule has 11 heteroatoms. The van der Waals surface area contributed by atoms with E-state index in [1.54, 1.807) is 97.7 Å². The Balaban J connectivity index is 0.000000807. The van der Waals surface area contributed by atoms with Crippen LogP contribution in [-0.4, -0.2) is 49.3 Å². The molecule has 4 N–H and O–H groups in total. The molecule has 0 amide bonds. The predicted molar refractivity (Wildman–Crippen MR) is 167 cm³/mol. The second-order valence-electron chi connectivity index (χ2n) is 9.25. The van der Waals surface area contributed by atoms with Crippen LogP contribution in [0.15, 0.2) is 144 Å². The zero-order valence-corrected chi connectivity index (χ0v) is 27.2. The van der Waals surface area contributed by atoms with E-state index in [2.05, 4.69) is 21.3 Å². The van der Waals surface area contributed by atoms with Crippen LogP contribution >= 0.6 is 0 Å². The maximum atomic E-state index is 11.5. The van der Waals surface area contributed by atoms with E-state index in [1.807, 2.05) is 24.3 Å². The van der Waals surface area contributed by atoms with E-state index >= 15 is 0 Å². The Hall–Kier alpha value is -3.68. The first-order valence-electron chi connectivity index (χ1n) is 13.8. The van der Waals surface area contributed by atoms with Crippen molar-refractivity contribution in [3.05, 3.63) is 144 Å². The quantitative estimate of drug-likeness (QED) is 0.136. The molecule has 0 aliphatic heterocycles. The molecule has 0 aromatic heterocycles. The first-order chi connectivity index (χ1) is 20.5. The molecule has 8 nitrogen and oxygen atoms in total. The molecule has 0 aromatic carbocycles. The number of rotatable bonds is 12. The van der Waals surface area contributed by atoms with Crippen molar-refractivity contribution in [1.82, 2.24) is 21.3 Å². The summed E-state index contributed by atoms with van der Waals surface area (Å²) < 4.78 is 0. The summed E-state index contributed by atoms with van der Waals surface area (Å²) in [6, 6.07) is 0. The van der Waals surface area contributed by atoms with E-state index in [-0.39, 0.29) is 74.3 Å². The van der Waals surface area contributed by atoms with Gasteiger partial charge in [0.25, 0.3) is 0 Å². The third-order valence-electron chi connectivity index (χ3n) is 5.99. The van der Waals surface area contributed by atoms with Crippen LogP contribution in [-0.2, 0) is 70.4 Å². The molecule has 0 fully saturated rings. The van der Waals surface area contributed by atoms with Gasteiger partial charge in [0.2, 0.25) is 0 Å². The predicted octanol–water partition coefficient (Wildman–Crippen LogP) is 3.42. The molecule has 45 heavy (non-hydrogen) atoms. The van der Waals surface area contributed by atoms with Crippen molar-refractivity contribution in [3.63, 3.8) is 0 Å². The van der Waals surface area contributed by atoms with Crippen molar-refractivity contribution in [2.24, 2.45) is 0 Å². The van der Waals surface area contributed by atoms with Gasteiger partial charge >= 0.3 is 34.1 Å². The van der Waals surface area contributed by atoms with E-state index in [9.17, 15) is 19.2 Å². The molecule has 247 valence electrons. The molecular weight excluding hydrogens is 719 g/mol. The zero-order chi connectivity index (χ0) is 29.8. The summed E-state index contributed by atoms with van der Waals surface area (Å²) in [6.45, 7) is 3.03. The van der Waals surface area contributed by atoms with Crippen LogP contribution in [0, 0.1) is 0 Å². The fourth-order valence-electron chi connectivity index (χ4n) is 3.71. The van der Waals surface area contributed by atoms with E-state index in [0.717, 1.165) is 39.0 Å². The minimum atomic E-state index is 0. The molecule has 0 saturated carbocycles. The summed E-state index contributed by atoms with van der Waals surface area (Å²) in [6.07, 6.45) is 36.3. The molecule has 0 atom stereocenters. The van der Waals surface area contributed by atoms with Crippen LogP contribution in [0.1, 0.15) is 12.8 Å². The van der Waals surface area contributed by atoms with Gasteiger partial charge in [-0.3, -0.25) is 19.2 Å². The summed E-state index contributed by atoms with van der Waals surface area (Å²) in [5.41, 5.74) is 2.66. The number of ketones is 4. The monoisotopic (exact) mass is 753 g/mol. The maximum Gasteiger partial charge on any atom is 1.00 e. The summed E-state index contributed by atoms with van der Waals surface area (Å²) >= 11 is 0. The van der Waals surface area contributed by atoms with Crippen molar-refractivity contribution >= 4 is 23.1 Å². The first kappa shape index (κ1) is 41.3. The summed E-state index contributed by atoms with van der Waals surface area (Å²) in [4.78, 5) is 45.8. The molecule has 0 saturated heterocycles. The molecular formula is C34H36Cu3N4O4+2. The van der Waals surface area contributed by atoms with Crippen molar-refractivity contribution in [3.8, 4) is 0 Å². The van der Waals surface area contributed by atoms with Gasteiger partial charge in [-0.15, -0.1) is 0 Å². The number of nitrogens with one attached hydrogen (secondary N) is 4. The number of allylic oxidation sites excluding steroid dienone is 20. The molecule has 0 heterocycles. The van der Waals surface area contributed by atoms with Crippen LogP contribution in [0.4, 0.5) is 0 Å². The van der Waals surface area contributed by atoms with Gasteiger partial charge in [-0.1, -0.05) is 48.6 Å². The van der Waals surface area contributed by atoms with Crippen LogP contribution in [0.25, 0.3) is 0 Å². The Morgan fingerprint density at radius 1 is 0.378 bits per heavy atom. The summed E-state index contributed by atoms with van der Waals surface area (Å²) in [5, 5.41) is 12.4. The minimum Gasteiger partial charge on any atom is -0.390 e. The third kappa shape index (κ3) is 16.3. The zero-order valence-electron chi connectivity index (χ0n) is 24.3. The summed E-state index contributed by atoms with van der Waals surface area (Å²) in [5.74, 6) is 0.0686. The van der Waals surface area contributed by atoms with Gasteiger partial charge in [0.05, 0.1) is 0 Å². The average Bonchev–Trinajstić information content (AvgIpc) is 3.00. The first-order valence-corrected chi connectivity index (χ1v) is 13.8. The third-order valence-corrected chi connectivity index (χ3v) is 5.99. The standard InChI is InChI=1S/2C17H18N2O2.3Cu/c2*20-16-8-3-1-6-14(16)12-18-10-5-11-19-13-15-7-2-4-9-17(15)21;;;/h2*1-4,6-9,12-13,18-19H,5,10-11H2;;;/q;;;2*+1. The molecule has 4 rings (SSSR count). The van der Waals surface area contributed by atoms with Crippen LogP contribution in [0.5, 0.6) is 0 Å². The number of carbonyl (C=O) groups is 4. The van der Waals surface area contributed by atoms with E-state index in [1.165, 1.54) is 0 Å². The smallest absolute Gasteiger partial charge is 0.390 e. The number of carbonyl (C=O) groups excluding carboxylic acids is 4. The van der Waals surface area contributed by atoms with Crippen molar-refractivity contribution < 1.29 is 70.4 Å². The van der Waals surface area contributed by atoms with Gasteiger partial charge in [-0.25, -0.2) is 0 Å². The molecule has 0 unspecified atom stereocenters. The SMILES string of the molecule is O=C1C=CC=CC1=CNCCCNC=C1C=CC=CC1=O.O=C1C=CC=CC1=CNCCCNC=C1C=CC=CC1=O.[Cu+].[Cu+].[Cu]. The van der Waals surface area contributed by atoms with Gasteiger partial charge in [-0.2, -0.15) is 0 Å². The van der Waals surface area contributed by atoms with E-state index < -0.39 is 0 Å². The van der Waals surface area contributed by atoms with Gasteiger partial charge in [0.15, 0.2) is 23.1 Å². The molecule has 4 aliphatic carbocycles. The van der Waals surface area contributed by atoms with Crippen molar-refractivity contribution in [2.45, 2.75) is 12.8 Å². The van der Waals surface area contributed by atoms with Gasteiger partial charge in [0, 0.05) is 90.3 Å². The largest absolute Gasteiger partial charge is 1.00 e. The molecule has 1 radical (unpaired) electrons. The number of hydrogen-bond acceptors (Lipinski definition) is 8. The Morgan fingerprint density at radius 3 is 0.778 bits per heavy atom. The number of hydrogen-bond donors (Lipinski definition) is 4. The maximum absolute atomic E-state index is 11.5. The summed E-state index contributed by atoms with van der Waals surface area (Å²) in [7, 11) is 0.